The van der Waals surface area contributed by atoms with Crippen molar-refractivity contribution in [1.29, 1.82) is 0 Å². The summed E-state index contributed by atoms with van der Waals surface area (Å²) in [6.07, 6.45) is 0.283. The molecule has 2 amide bonds. The molecule has 2 fully saturated rings. The topological polar surface area (TPSA) is 43.9 Å². The van der Waals surface area contributed by atoms with Crippen molar-refractivity contribution in [2.45, 2.75) is 32.7 Å². The minimum Gasteiger partial charge on any atom is -0.340 e. The van der Waals surface area contributed by atoms with Gasteiger partial charge in [-0.25, -0.2) is 0 Å². The van der Waals surface area contributed by atoms with Gasteiger partial charge in [0.15, 0.2) is 0 Å². The molecule has 0 N–H and O–H groups in total. The Morgan fingerprint density at radius 2 is 1.84 bits per heavy atom. The number of benzene rings is 1. The molecule has 1 aromatic carbocycles. The third-order valence-corrected chi connectivity index (χ3v) is 5.37. The van der Waals surface area contributed by atoms with Gasteiger partial charge in [-0.2, -0.15) is 0 Å². The molecule has 0 spiro atoms. The zero-order valence-corrected chi connectivity index (χ0v) is 15.9. The van der Waals surface area contributed by atoms with Crippen LogP contribution in [0.15, 0.2) is 24.3 Å². The van der Waals surface area contributed by atoms with Crippen molar-refractivity contribution in [3.63, 3.8) is 0 Å². The first-order chi connectivity index (χ1) is 11.8. The molecule has 0 bridgehead atoms. The molecule has 3 rings (SSSR count). The van der Waals surface area contributed by atoms with E-state index in [1.165, 1.54) is 0 Å². The number of carbonyl (C=O) groups is 2. The number of piperazine rings is 1. The number of hydrogen-bond acceptors (Lipinski definition) is 3. The predicted molar refractivity (Wildman–Crippen MR) is 99.8 cm³/mol. The average Bonchev–Trinajstić information content (AvgIpc) is 2.95. The quantitative estimate of drug-likeness (QED) is 0.811. The summed E-state index contributed by atoms with van der Waals surface area (Å²) < 4.78 is 0. The molecule has 5 nitrogen and oxygen atoms in total. The number of carbonyl (C=O) groups excluding carboxylic acids is 2. The van der Waals surface area contributed by atoms with E-state index >= 15 is 0 Å². The largest absolute Gasteiger partial charge is 0.340 e. The van der Waals surface area contributed by atoms with E-state index in [0.717, 1.165) is 31.9 Å². The summed E-state index contributed by atoms with van der Waals surface area (Å²) in [6.45, 7) is 10.3. The number of hydrogen-bond donors (Lipinski definition) is 0. The average molecular weight is 364 g/mol. The molecular formula is C19H26ClN3O2. The lowest BCUT2D eigenvalue weighted by atomic mass is 10.0. The Kier molecular flexibility index (Phi) is 5.07. The van der Waals surface area contributed by atoms with Gasteiger partial charge in [-0.15, -0.1) is 0 Å². The van der Waals surface area contributed by atoms with E-state index < -0.39 is 0 Å². The highest BCUT2D eigenvalue weighted by Gasteiger charge is 2.38. The molecule has 2 aliphatic rings. The van der Waals surface area contributed by atoms with E-state index in [9.17, 15) is 9.59 Å². The molecule has 2 saturated heterocycles. The lowest BCUT2D eigenvalue weighted by molar-refractivity contribution is -0.138. The van der Waals surface area contributed by atoms with Crippen molar-refractivity contribution in [2.24, 2.45) is 5.92 Å². The first-order valence-corrected chi connectivity index (χ1v) is 9.23. The van der Waals surface area contributed by atoms with Gasteiger partial charge in [0.25, 0.3) is 0 Å². The predicted octanol–water partition coefficient (Wildman–Crippen LogP) is 2.64. The SMILES string of the molecule is CC(C)(C)N1CCN(C(=O)[C@H]2CC(=O)N(c3cccc(Cl)c3)C2)CC1. The van der Waals surface area contributed by atoms with Crippen LogP contribution in [0.3, 0.4) is 0 Å². The fourth-order valence-electron chi connectivity index (χ4n) is 3.62. The summed E-state index contributed by atoms with van der Waals surface area (Å²) in [4.78, 5) is 31.2. The first-order valence-electron chi connectivity index (χ1n) is 8.85. The standard InChI is InChI=1S/C19H26ClN3O2/c1-19(2,3)22-9-7-21(8-10-22)18(25)14-11-17(24)23(13-14)16-6-4-5-15(20)12-16/h4-6,12,14H,7-11,13H2,1-3H3/t14-/m0/s1. The maximum atomic E-state index is 12.8. The van der Waals surface area contributed by atoms with E-state index in [1.54, 1.807) is 17.0 Å². The van der Waals surface area contributed by atoms with Crippen molar-refractivity contribution < 1.29 is 9.59 Å². The summed E-state index contributed by atoms with van der Waals surface area (Å²) >= 11 is 6.02. The second-order valence-corrected chi connectivity index (χ2v) is 8.30. The minimum atomic E-state index is -0.257. The Bertz CT molecular complexity index is 663. The monoisotopic (exact) mass is 363 g/mol. The van der Waals surface area contributed by atoms with Crippen LogP contribution in [-0.4, -0.2) is 59.9 Å². The number of halogens is 1. The van der Waals surface area contributed by atoms with Gasteiger partial charge >= 0.3 is 0 Å². The molecule has 25 heavy (non-hydrogen) atoms. The molecule has 0 radical (unpaired) electrons. The summed E-state index contributed by atoms with van der Waals surface area (Å²) in [5.41, 5.74) is 0.896. The fraction of sp³-hybridized carbons (Fsp3) is 0.579. The second-order valence-electron chi connectivity index (χ2n) is 7.87. The molecular weight excluding hydrogens is 338 g/mol. The Labute approximate surface area is 154 Å². The minimum absolute atomic E-state index is 0.00561. The molecule has 0 aromatic heterocycles. The van der Waals surface area contributed by atoms with Gasteiger partial charge in [-0.05, 0) is 39.0 Å². The van der Waals surface area contributed by atoms with Crippen LogP contribution in [0.25, 0.3) is 0 Å². The van der Waals surface area contributed by atoms with Gasteiger partial charge in [0.05, 0.1) is 5.92 Å². The Morgan fingerprint density at radius 3 is 2.44 bits per heavy atom. The lowest BCUT2D eigenvalue weighted by Crippen LogP contribution is -2.55. The van der Waals surface area contributed by atoms with E-state index in [0.29, 0.717) is 11.6 Å². The van der Waals surface area contributed by atoms with Gasteiger partial charge in [0.2, 0.25) is 11.8 Å². The van der Waals surface area contributed by atoms with Crippen LogP contribution in [0.1, 0.15) is 27.2 Å². The van der Waals surface area contributed by atoms with Gasteiger partial charge < -0.3 is 9.80 Å². The van der Waals surface area contributed by atoms with Crippen LogP contribution in [0, 0.1) is 5.92 Å². The van der Waals surface area contributed by atoms with E-state index in [4.69, 9.17) is 11.6 Å². The third-order valence-electron chi connectivity index (χ3n) is 5.13. The first kappa shape index (κ1) is 18.2. The molecule has 0 saturated carbocycles. The van der Waals surface area contributed by atoms with Crippen LogP contribution in [0.2, 0.25) is 5.02 Å². The van der Waals surface area contributed by atoms with Gasteiger partial charge in [-0.1, -0.05) is 17.7 Å². The highest BCUT2D eigenvalue weighted by atomic mass is 35.5. The van der Waals surface area contributed by atoms with E-state index in [-0.39, 0.29) is 29.7 Å². The lowest BCUT2D eigenvalue weighted by Gasteiger charge is -2.42. The van der Waals surface area contributed by atoms with Gasteiger partial charge in [0, 0.05) is 55.4 Å². The molecule has 1 atom stereocenters. The highest BCUT2D eigenvalue weighted by molar-refractivity contribution is 6.30. The van der Waals surface area contributed by atoms with Crippen LogP contribution < -0.4 is 4.90 Å². The van der Waals surface area contributed by atoms with Crippen molar-refractivity contribution in [2.75, 3.05) is 37.6 Å². The normalized spacial score (nSPS) is 22.6. The van der Waals surface area contributed by atoms with E-state index in [1.807, 2.05) is 17.0 Å². The van der Waals surface area contributed by atoms with Crippen LogP contribution >= 0.6 is 11.6 Å². The summed E-state index contributed by atoms with van der Waals surface area (Å²) in [5, 5.41) is 0.596. The van der Waals surface area contributed by atoms with E-state index in [2.05, 4.69) is 25.7 Å². The van der Waals surface area contributed by atoms with Crippen LogP contribution in [-0.2, 0) is 9.59 Å². The zero-order valence-electron chi connectivity index (χ0n) is 15.2. The second kappa shape index (κ2) is 6.96. The maximum absolute atomic E-state index is 12.8. The summed E-state index contributed by atoms with van der Waals surface area (Å²) in [7, 11) is 0. The van der Waals surface area contributed by atoms with Crippen molar-refractivity contribution in [1.82, 2.24) is 9.80 Å². The van der Waals surface area contributed by atoms with Gasteiger partial charge in [-0.3, -0.25) is 14.5 Å². The highest BCUT2D eigenvalue weighted by Crippen LogP contribution is 2.28. The Morgan fingerprint density at radius 1 is 1.16 bits per heavy atom. The zero-order chi connectivity index (χ0) is 18.2. The number of nitrogens with zero attached hydrogens (tertiary/aromatic N) is 3. The molecule has 6 heteroatoms. The van der Waals surface area contributed by atoms with Crippen LogP contribution in [0.4, 0.5) is 5.69 Å². The molecule has 2 aliphatic heterocycles. The molecule has 0 unspecified atom stereocenters. The number of amides is 2. The van der Waals surface area contributed by atoms with Crippen LogP contribution in [0.5, 0.6) is 0 Å². The maximum Gasteiger partial charge on any atom is 0.228 e. The third kappa shape index (κ3) is 3.98. The Hall–Kier alpha value is -1.59. The molecule has 2 heterocycles. The number of anilines is 1. The Balaban J connectivity index is 1.62. The molecule has 136 valence electrons. The smallest absolute Gasteiger partial charge is 0.228 e. The fourth-order valence-corrected chi connectivity index (χ4v) is 3.81. The number of rotatable bonds is 2. The molecule has 1 aromatic rings. The summed E-state index contributed by atoms with van der Waals surface area (Å²) in [6, 6.07) is 7.24. The van der Waals surface area contributed by atoms with Gasteiger partial charge in [0.1, 0.15) is 0 Å². The van der Waals surface area contributed by atoms with Crippen molar-refractivity contribution in [3.8, 4) is 0 Å². The van der Waals surface area contributed by atoms with Crippen molar-refractivity contribution >= 4 is 29.1 Å². The molecule has 0 aliphatic carbocycles. The van der Waals surface area contributed by atoms with Crippen molar-refractivity contribution in [3.05, 3.63) is 29.3 Å². The summed E-state index contributed by atoms with van der Waals surface area (Å²) in [5.74, 6) is -0.159.